The molecule has 1 aliphatic rings. The largest absolute Gasteiger partial charge is 0.487 e. The van der Waals surface area contributed by atoms with Crippen molar-refractivity contribution in [1.82, 2.24) is 4.98 Å². The molecule has 0 spiro atoms. The van der Waals surface area contributed by atoms with Gasteiger partial charge in [0.25, 0.3) is 0 Å². The molecule has 9 heteroatoms. The summed E-state index contributed by atoms with van der Waals surface area (Å²) in [6.45, 7) is 0.368. The van der Waals surface area contributed by atoms with Crippen molar-refractivity contribution in [2.24, 2.45) is 0 Å². The Morgan fingerprint density at radius 1 is 0.921 bits per heavy atom. The van der Waals surface area contributed by atoms with Gasteiger partial charge in [0, 0.05) is 17.9 Å². The average Bonchev–Trinajstić information content (AvgIpc) is 3.42. The van der Waals surface area contributed by atoms with Crippen molar-refractivity contribution >= 4 is 34.6 Å². The smallest absolute Gasteiger partial charge is 0.414 e. The van der Waals surface area contributed by atoms with Gasteiger partial charge in [-0.2, -0.15) is 0 Å². The van der Waals surface area contributed by atoms with Crippen LogP contribution in [0.4, 0.5) is 10.5 Å². The number of nitrogens with one attached hydrogen (secondary N) is 1. The van der Waals surface area contributed by atoms with Crippen LogP contribution in [0.5, 0.6) is 5.75 Å². The second-order valence-electron chi connectivity index (χ2n) is 8.79. The SMILES string of the molecule is COC(=O)c1cc2c3c(cc(OCc4ccccc4)c2[nH]1)N(C(=O)OC)C[C@@H](OC(=O)c1ccccc1)C3. The fourth-order valence-electron chi connectivity index (χ4n) is 4.58. The Morgan fingerprint density at radius 2 is 1.63 bits per heavy atom. The van der Waals surface area contributed by atoms with Gasteiger partial charge in [0.05, 0.1) is 37.5 Å². The summed E-state index contributed by atoms with van der Waals surface area (Å²) < 4.78 is 21.9. The van der Waals surface area contributed by atoms with E-state index in [4.69, 9.17) is 18.9 Å². The van der Waals surface area contributed by atoms with Crippen molar-refractivity contribution in [1.29, 1.82) is 0 Å². The molecule has 1 atom stereocenters. The molecule has 0 radical (unpaired) electrons. The van der Waals surface area contributed by atoms with Gasteiger partial charge in [0.15, 0.2) is 0 Å². The van der Waals surface area contributed by atoms with E-state index in [2.05, 4.69) is 4.98 Å². The van der Waals surface area contributed by atoms with E-state index in [9.17, 15) is 14.4 Å². The fourth-order valence-corrected chi connectivity index (χ4v) is 4.58. The molecular weight excluding hydrogens is 488 g/mol. The third kappa shape index (κ3) is 4.90. The van der Waals surface area contributed by atoms with Gasteiger partial charge >= 0.3 is 18.0 Å². The first-order chi connectivity index (χ1) is 18.5. The first kappa shape index (κ1) is 24.9. The monoisotopic (exact) mass is 514 g/mol. The molecule has 0 fully saturated rings. The zero-order valence-corrected chi connectivity index (χ0v) is 20.9. The predicted octanol–water partition coefficient (Wildman–Crippen LogP) is 4.89. The number of fused-ring (bicyclic) bond motifs is 3. The number of anilines is 1. The summed E-state index contributed by atoms with van der Waals surface area (Å²) in [5.41, 5.74) is 3.42. The summed E-state index contributed by atoms with van der Waals surface area (Å²) >= 11 is 0. The van der Waals surface area contributed by atoms with Gasteiger partial charge in [0.2, 0.25) is 0 Å². The standard InChI is InChI=1S/C29H26N2O7/c1-35-28(33)23-14-22-21-13-20(38-27(32)19-11-7-4-8-12-19)16-31(29(34)36-2)24(21)15-25(26(22)30-23)37-17-18-9-5-3-6-10-18/h3-12,14-15,20,30H,13,16-17H2,1-2H3/t20-/m0/s1. The number of hydrogen-bond donors (Lipinski definition) is 1. The summed E-state index contributed by atoms with van der Waals surface area (Å²) in [5.74, 6) is -0.588. The number of carbonyl (C=O) groups is 3. The number of amides is 1. The maximum Gasteiger partial charge on any atom is 0.414 e. The minimum Gasteiger partial charge on any atom is -0.487 e. The number of nitrogens with zero attached hydrogens (tertiary/aromatic N) is 1. The zero-order chi connectivity index (χ0) is 26.6. The molecule has 5 rings (SSSR count). The molecule has 0 saturated heterocycles. The van der Waals surface area contributed by atoms with Gasteiger partial charge in [-0.05, 0) is 29.3 Å². The maximum absolute atomic E-state index is 12.9. The van der Waals surface area contributed by atoms with Crippen molar-refractivity contribution in [2.45, 2.75) is 19.1 Å². The Morgan fingerprint density at radius 3 is 2.32 bits per heavy atom. The molecule has 0 aliphatic carbocycles. The normalized spacial score (nSPS) is 14.5. The number of rotatable bonds is 6. The van der Waals surface area contributed by atoms with Crippen LogP contribution >= 0.6 is 0 Å². The van der Waals surface area contributed by atoms with Gasteiger partial charge in [-0.1, -0.05) is 48.5 Å². The third-order valence-corrected chi connectivity index (χ3v) is 6.40. The molecule has 2 heterocycles. The highest BCUT2D eigenvalue weighted by molar-refractivity contribution is 6.03. The number of aromatic amines is 1. The van der Waals surface area contributed by atoms with Gasteiger partial charge in [-0.3, -0.25) is 4.90 Å². The van der Waals surface area contributed by atoms with Crippen LogP contribution in [0.25, 0.3) is 10.9 Å². The zero-order valence-electron chi connectivity index (χ0n) is 20.9. The summed E-state index contributed by atoms with van der Waals surface area (Å²) in [4.78, 5) is 42.6. The maximum atomic E-state index is 12.9. The molecule has 3 aromatic carbocycles. The third-order valence-electron chi connectivity index (χ3n) is 6.40. The first-order valence-electron chi connectivity index (χ1n) is 12.0. The molecule has 0 bridgehead atoms. The van der Waals surface area contributed by atoms with Crippen LogP contribution in [-0.2, 0) is 27.2 Å². The van der Waals surface area contributed by atoms with E-state index in [1.54, 1.807) is 36.4 Å². The Bertz CT molecular complexity index is 1480. The van der Waals surface area contributed by atoms with E-state index in [1.807, 2.05) is 36.4 Å². The number of H-pyrrole nitrogens is 1. The highest BCUT2D eigenvalue weighted by Crippen LogP contribution is 2.41. The molecule has 1 aromatic heterocycles. The van der Waals surface area contributed by atoms with E-state index < -0.39 is 24.1 Å². The molecule has 1 N–H and O–H groups in total. The molecule has 4 aromatic rings. The van der Waals surface area contributed by atoms with Gasteiger partial charge in [-0.15, -0.1) is 0 Å². The number of methoxy groups -OCH3 is 2. The Balaban J connectivity index is 1.57. The van der Waals surface area contributed by atoms with E-state index in [0.29, 0.717) is 39.9 Å². The van der Waals surface area contributed by atoms with E-state index in [-0.39, 0.29) is 18.8 Å². The van der Waals surface area contributed by atoms with Gasteiger partial charge in [-0.25, -0.2) is 14.4 Å². The van der Waals surface area contributed by atoms with Gasteiger partial charge < -0.3 is 23.9 Å². The van der Waals surface area contributed by atoms with Crippen LogP contribution in [-0.4, -0.2) is 49.9 Å². The van der Waals surface area contributed by atoms with Crippen molar-refractivity contribution in [2.75, 3.05) is 25.7 Å². The molecule has 0 saturated carbocycles. The fraction of sp³-hybridized carbons (Fsp3) is 0.207. The lowest BCUT2D eigenvalue weighted by Crippen LogP contribution is -2.44. The lowest BCUT2D eigenvalue weighted by Gasteiger charge is -2.34. The molecule has 194 valence electrons. The number of carbonyl (C=O) groups excluding carboxylic acids is 3. The first-order valence-corrected chi connectivity index (χ1v) is 12.0. The summed E-state index contributed by atoms with van der Waals surface area (Å²) in [7, 11) is 2.59. The molecular formula is C29H26N2O7. The molecule has 0 unspecified atom stereocenters. The summed E-state index contributed by atoms with van der Waals surface area (Å²) in [5, 5.41) is 0.653. The van der Waals surface area contributed by atoms with Crippen molar-refractivity contribution < 1.29 is 33.3 Å². The molecule has 9 nitrogen and oxygen atoms in total. The number of aromatic nitrogens is 1. The van der Waals surface area contributed by atoms with Crippen LogP contribution < -0.4 is 9.64 Å². The van der Waals surface area contributed by atoms with Crippen LogP contribution in [0.3, 0.4) is 0 Å². The molecule has 1 amide bonds. The summed E-state index contributed by atoms with van der Waals surface area (Å²) in [6, 6.07) is 21.7. The predicted molar refractivity (Wildman–Crippen MR) is 140 cm³/mol. The van der Waals surface area contributed by atoms with Crippen LogP contribution in [0.15, 0.2) is 72.8 Å². The second kappa shape index (κ2) is 10.7. The average molecular weight is 515 g/mol. The van der Waals surface area contributed by atoms with Crippen LogP contribution in [0.1, 0.15) is 32.0 Å². The topological polar surface area (TPSA) is 107 Å². The van der Waals surface area contributed by atoms with Crippen LogP contribution in [0, 0.1) is 0 Å². The van der Waals surface area contributed by atoms with Crippen molar-refractivity contribution in [3.63, 3.8) is 0 Å². The van der Waals surface area contributed by atoms with Crippen LogP contribution in [0.2, 0.25) is 0 Å². The van der Waals surface area contributed by atoms with Gasteiger partial charge in [0.1, 0.15) is 24.2 Å². The lowest BCUT2D eigenvalue weighted by atomic mass is 9.95. The minimum atomic E-state index is -0.648. The molecule has 38 heavy (non-hydrogen) atoms. The number of ether oxygens (including phenoxy) is 4. The number of benzene rings is 3. The number of esters is 2. The highest BCUT2D eigenvalue weighted by Gasteiger charge is 2.34. The van der Waals surface area contributed by atoms with E-state index in [0.717, 1.165) is 5.56 Å². The quantitative estimate of drug-likeness (QED) is 0.288. The minimum absolute atomic E-state index is 0.0934. The lowest BCUT2D eigenvalue weighted by molar-refractivity contribution is 0.0307. The second-order valence-corrected chi connectivity index (χ2v) is 8.79. The van der Waals surface area contributed by atoms with E-state index >= 15 is 0 Å². The Kier molecular flexibility index (Phi) is 6.99. The van der Waals surface area contributed by atoms with Crippen molar-refractivity contribution in [3.05, 3.63) is 95.2 Å². The highest BCUT2D eigenvalue weighted by atomic mass is 16.6. The van der Waals surface area contributed by atoms with Crippen molar-refractivity contribution in [3.8, 4) is 5.75 Å². The number of hydrogen-bond acceptors (Lipinski definition) is 7. The Hall–Kier alpha value is -4.79. The Labute approximate surface area is 218 Å². The molecule has 1 aliphatic heterocycles. The summed E-state index contributed by atoms with van der Waals surface area (Å²) in [6.07, 6.45) is -0.941. The van der Waals surface area contributed by atoms with E-state index in [1.165, 1.54) is 19.1 Å².